The zero-order valence-corrected chi connectivity index (χ0v) is 17.1. The molecule has 2 aliphatic heterocycles. The molecule has 1 saturated heterocycles. The summed E-state index contributed by atoms with van der Waals surface area (Å²) in [5.41, 5.74) is 2.96. The molecule has 2 amide bonds. The van der Waals surface area contributed by atoms with Crippen LogP contribution < -0.4 is 10.9 Å². The molecule has 0 spiro atoms. The highest BCUT2D eigenvalue weighted by Gasteiger charge is 2.36. The van der Waals surface area contributed by atoms with E-state index in [1.54, 1.807) is 35.6 Å². The molecule has 7 heteroatoms. The normalized spacial score (nSPS) is 19.6. The zero-order valence-electron chi connectivity index (χ0n) is 16.2. The lowest BCUT2D eigenvalue weighted by Crippen LogP contribution is -2.50. The van der Waals surface area contributed by atoms with Crippen molar-refractivity contribution in [2.24, 2.45) is 5.92 Å². The molecule has 2 atom stereocenters. The first kappa shape index (κ1) is 18.6. The molecule has 0 aliphatic carbocycles. The predicted molar refractivity (Wildman–Crippen MR) is 117 cm³/mol. The van der Waals surface area contributed by atoms with E-state index in [9.17, 15) is 9.59 Å². The van der Waals surface area contributed by atoms with Crippen LogP contribution in [0.3, 0.4) is 0 Å². The van der Waals surface area contributed by atoms with Gasteiger partial charge in [-0.25, -0.2) is 4.79 Å². The summed E-state index contributed by atoms with van der Waals surface area (Å²) in [5.74, 6) is 0.405. The third-order valence-corrected chi connectivity index (χ3v) is 6.82. The Balaban J connectivity index is 1.38. The average Bonchev–Trinajstić information content (AvgIpc) is 3.29. The number of nitrogens with one attached hydrogen (secondary N) is 1. The molecule has 6 nitrogen and oxygen atoms in total. The van der Waals surface area contributed by atoms with Crippen LogP contribution >= 0.6 is 11.3 Å². The number of carbonyl (C=O) groups is 1. The number of fused-ring (bicyclic) bond motifs is 4. The predicted octanol–water partition coefficient (Wildman–Crippen LogP) is 4.10. The van der Waals surface area contributed by atoms with Crippen LogP contribution in [0.1, 0.15) is 23.6 Å². The minimum absolute atomic E-state index is 0.0656. The molecule has 1 aromatic carbocycles. The third-order valence-electron chi connectivity index (χ3n) is 5.92. The number of aromatic nitrogens is 1. The Kier molecular flexibility index (Phi) is 4.64. The van der Waals surface area contributed by atoms with Crippen molar-refractivity contribution in [3.8, 4) is 16.5 Å². The summed E-state index contributed by atoms with van der Waals surface area (Å²) < 4.78 is 1.92. The van der Waals surface area contributed by atoms with Crippen molar-refractivity contribution < 1.29 is 4.79 Å². The molecule has 1 N–H and O–H groups in total. The number of rotatable bonds is 2. The van der Waals surface area contributed by atoms with E-state index in [1.807, 2.05) is 33.0 Å². The van der Waals surface area contributed by atoms with E-state index >= 15 is 0 Å². The van der Waals surface area contributed by atoms with Crippen LogP contribution in [0.4, 0.5) is 10.5 Å². The summed E-state index contributed by atoms with van der Waals surface area (Å²) in [6, 6.07) is 16.8. The number of hydrogen-bond acceptors (Lipinski definition) is 4. The maximum absolute atomic E-state index is 13.1. The number of thiophene rings is 1. The molecule has 2 bridgehead atoms. The molecular weight excluding hydrogens is 396 g/mol. The second-order valence-electron chi connectivity index (χ2n) is 7.89. The zero-order chi connectivity index (χ0) is 20.7. The van der Waals surface area contributed by atoms with Crippen molar-refractivity contribution in [3.05, 3.63) is 75.5 Å². The van der Waals surface area contributed by atoms with Gasteiger partial charge < -0.3 is 14.8 Å². The number of benzene rings is 1. The molecule has 1 fully saturated rings. The highest BCUT2D eigenvalue weighted by Crippen LogP contribution is 2.36. The van der Waals surface area contributed by atoms with Gasteiger partial charge in [0.15, 0.2) is 0 Å². The molecule has 30 heavy (non-hydrogen) atoms. The van der Waals surface area contributed by atoms with Crippen molar-refractivity contribution >= 4 is 23.1 Å². The molecule has 5 rings (SSSR count). The van der Waals surface area contributed by atoms with Crippen LogP contribution in [0.5, 0.6) is 0 Å². The Morgan fingerprint density at radius 2 is 2.03 bits per heavy atom. The third kappa shape index (κ3) is 3.29. The monoisotopic (exact) mass is 416 g/mol. The molecule has 3 aromatic rings. The number of nitrogens with zero attached hydrogens (tertiary/aromatic N) is 3. The van der Waals surface area contributed by atoms with Crippen LogP contribution in [-0.2, 0) is 6.54 Å². The van der Waals surface area contributed by atoms with E-state index in [0.29, 0.717) is 30.9 Å². The van der Waals surface area contributed by atoms with Crippen molar-refractivity contribution in [1.29, 1.82) is 5.26 Å². The van der Waals surface area contributed by atoms with Gasteiger partial charge in [-0.2, -0.15) is 5.26 Å². The minimum atomic E-state index is -0.161. The summed E-state index contributed by atoms with van der Waals surface area (Å²) >= 11 is 1.58. The van der Waals surface area contributed by atoms with Gasteiger partial charge in [-0.3, -0.25) is 4.79 Å². The smallest absolute Gasteiger partial charge is 0.321 e. The first-order valence-electron chi connectivity index (χ1n) is 9.96. The Morgan fingerprint density at radius 1 is 1.13 bits per heavy atom. The maximum Gasteiger partial charge on any atom is 0.321 e. The lowest BCUT2D eigenvalue weighted by atomic mass is 9.83. The van der Waals surface area contributed by atoms with Crippen LogP contribution in [0.15, 0.2) is 58.7 Å². The number of anilines is 1. The van der Waals surface area contributed by atoms with Gasteiger partial charge in [0, 0.05) is 41.8 Å². The summed E-state index contributed by atoms with van der Waals surface area (Å²) in [6.45, 7) is 1.84. The Bertz CT molecular complexity index is 1210. The van der Waals surface area contributed by atoms with Crippen molar-refractivity contribution in [2.45, 2.75) is 18.9 Å². The number of likely N-dealkylation sites (tertiary alicyclic amines) is 1. The second-order valence-corrected chi connectivity index (χ2v) is 8.84. The highest BCUT2D eigenvalue weighted by atomic mass is 32.1. The number of pyridine rings is 1. The van der Waals surface area contributed by atoms with Gasteiger partial charge in [0.1, 0.15) is 0 Å². The van der Waals surface area contributed by atoms with E-state index in [-0.39, 0.29) is 23.4 Å². The second kappa shape index (κ2) is 7.47. The number of nitriles is 1. The number of piperidine rings is 1. The van der Waals surface area contributed by atoms with Crippen molar-refractivity contribution in [3.63, 3.8) is 0 Å². The summed E-state index contributed by atoms with van der Waals surface area (Å²) in [5, 5.41) is 13.9. The van der Waals surface area contributed by atoms with E-state index in [1.165, 1.54) is 0 Å². The number of amides is 2. The molecule has 2 unspecified atom stereocenters. The van der Waals surface area contributed by atoms with E-state index < -0.39 is 0 Å². The fourth-order valence-electron chi connectivity index (χ4n) is 4.60. The maximum atomic E-state index is 13.1. The van der Waals surface area contributed by atoms with Gasteiger partial charge >= 0.3 is 6.03 Å². The van der Waals surface area contributed by atoms with E-state index in [4.69, 9.17) is 5.26 Å². The van der Waals surface area contributed by atoms with Crippen LogP contribution in [0.2, 0.25) is 0 Å². The SMILES string of the molecule is N#Cc1cccc(NC(=O)N2CC3CC(C2)c2ccc(-c4cccs4)c(=O)n2C3)c1. The first-order valence-corrected chi connectivity index (χ1v) is 10.8. The fourth-order valence-corrected chi connectivity index (χ4v) is 5.34. The van der Waals surface area contributed by atoms with Crippen LogP contribution in [0.25, 0.3) is 10.4 Å². The van der Waals surface area contributed by atoms with Crippen LogP contribution in [-0.4, -0.2) is 28.6 Å². The standard InChI is InChI=1S/C23H20N4O2S/c24-11-15-3-1-4-18(10-15)25-23(29)26-12-16-9-17(14-26)20-7-6-19(21-5-2-8-30-21)22(28)27(20)13-16/h1-8,10,16-17H,9,12-14H2,(H,25,29). The van der Waals surface area contributed by atoms with E-state index in [0.717, 1.165) is 22.6 Å². The summed E-state index contributed by atoms with van der Waals surface area (Å²) in [7, 11) is 0. The van der Waals surface area contributed by atoms with Crippen molar-refractivity contribution in [2.75, 3.05) is 18.4 Å². The first-order chi connectivity index (χ1) is 14.6. The molecule has 150 valence electrons. The lowest BCUT2D eigenvalue weighted by Gasteiger charge is -2.42. The highest BCUT2D eigenvalue weighted by molar-refractivity contribution is 7.13. The summed E-state index contributed by atoms with van der Waals surface area (Å²) in [6.07, 6.45) is 0.992. The number of urea groups is 1. The minimum Gasteiger partial charge on any atom is -0.324 e. The quantitative estimate of drug-likeness (QED) is 0.683. The van der Waals surface area contributed by atoms with Gasteiger partial charge in [-0.1, -0.05) is 12.1 Å². The molecule has 0 saturated carbocycles. The van der Waals surface area contributed by atoms with Gasteiger partial charge in [0.2, 0.25) is 0 Å². The molecular formula is C23H20N4O2S. The Morgan fingerprint density at radius 3 is 2.83 bits per heavy atom. The lowest BCUT2D eigenvalue weighted by molar-refractivity contribution is 0.139. The Hall–Kier alpha value is -3.37. The van der Waals surface area contributed by atoms with Gasteiger partial charge in [0.05, 0.1) is 17.2 Å². The Labute approximate surface area is 178 Å². The average molecular weight is 417 g/mol. The largest absolute Gasteiger partial charge is 0.324 e. The topological polar surface area (TPSA) is 78.1 Å². The molecule has 2 aromatic heterocycles. The number of hydrogen-bond donors (Lipinski definition) is 1. The molecule has 2 aliphatic rings. The van der Waals surface area contributed by atoms with Crippen molar-refractivity contribution in [1.82, 2.24) is 9.47 Å². The van der Waals surface area contributed by atoms with Gasteiger partial charge in [-0.15, -0.1) is 11.3 Å². The fraction of sp³-hybridized carbons (Fsp3) is 0.261. The number of carbonyl (C=O) groups excluding carboxylic acids is 1. The van der Waals surface area contributed by atoms with Gasteiger partial charge in [-0.05, 0) is 54.1 Å². The molecule has 0 radical (unpaired) electrons. The van der Waals surface area contributed by atoms with E-state index in [2.05, 4.69) is 17.5 Å². The summed E-state index contributed by atoms with van der Waals surface area (Å²) in [4.78, 5) is 28.8. The molecule has 4 heterocycles. The van der Waals surface area contributed by atoms with Gasteiger partial charge in [0.25, 0.3) is 5.56 Å². The van der Waals surface area contributed by atoms with Crippen LogP contribution in [0, 0.1) is 17.2 Å².